The van der Waals surface area contributed by atoms with Gasteiger partial charge in [-0.25, -0.2) is 0 Å². The predicted molar refractivity (Wildman–Crippen MR) is 30.5 cm³/mol. The fourth-order valence-electron chi connectivity index (χ4n) is 1.77. The first-order valence-electron chi connectivity index (χ1n) is 3.25. The summed E-state index contributed by atoms with van der Waals surface area (Å²) in [5, 5.41) is 0. The highest BCUT2D eigenvalue weighted by molar-refractivity contribution is 5.87. The first-order valence-corrected chi connectivity index (χ1v) is 3.25. The van der Waals surface area contributed by atoms with Crippen LogP contribution >= 0.6 is 0 Å². The molecule has 2 atom stereocenters. The van der Waals surface area contributed by atoms with Crippen molar-refractivity contribution in [1.29, 1.82) is 0 Å². The zero-order chi connectivity index (χ0) is 5.78. The van der Waals surface area contributed by atoms with Crippen LogP contribution in [0.5, 0.6) is 0 Å². The second kappa shape index (κ2) is 0.996. The third kappa shape index (κ3) is 0.355. The van der Waals surface area contributed by atoms with Crippen molar-refractivity contribution in [3.8, 4) is 0 Å². The molecule has 44 valence electrons. The molecule has 1 heteroatoms. The standard InChI is InChI=1S/C7H10O/c1-7-3-2-6(8)5(7)4-7/h5H,2-4H2,1H3/t5-,7-/m1/s1. The van der Waals surface area contributed by atoms with Crippen molar-refractivity contribution in [2.24, 2.45) is 11.3 Å². The zero-order valence-corrected chi connectivity index (χ0v) is 5.11. The second-order valence-corrected chi connectivity index (χ2v) is 3.38. The largest absolute Gasteiger partial charge is 0.299 e. The summed E-state index contributed by atoms with van der Waals surface area (Å²) in [7, 11) is 0. The van der Waals surface area contributed by atoms with E-state index in [2.05, 4.69) is 6.92 Å². The maximum atomic E-state index is 10.8. The minimum atomic E-state index is 0.483. The molecule has 0 amide bonds. The summed E-state index contributed by atoms with van der Waals surface area (Å²) in [6.07, 6.45) is 3.21. The monoisotopic (exact) mass is 110 g/mol. The lowest BCUT2D eigenvalue weighted by Gasteiger charge is -1.95. The van der Waals surface area contributed by atoms with Crippen LogP contribution in [0.3, 0.4) is 0 Å². The van der Waals surface area contributed by atoms with Gasteiger partial charge < -0.3 is 0 Å². The summed E-state index contributed by atoms with van der Waals surface area (Å²) in [6.45, 7) is 2.22. The molecule has 0 radical (unpaired) electrons. The van der Waals surface area contributed by atoms with E-state index in [0.29, 0.717) is 17.1 Å². The number of hydrogen-bond donors (Lipinski definition) is 0. The van der Waals surface area contributed by atoms with Gasteiger partial charge in [0, 0.05) is 12.3 Å². The van der Waals surface area contributed by atoms with E-state index in [9.17, 15) is 4.79 Å². The summed E-state index contributed by atoms with van der Waals surface area (Å²) in [5.41, 5.74) is 0.483. The maximum absolute atomic E-state index is 10.8. The van der Waals surface area contributed by atoms with E-state index in [1.807, 2.05) is 0 Å². The highest BCUT2D eigenvalue weighted by Crippen LogP contribution is 2.61. The SMILES string of the molecule is C[C@]12CCC(=O)[C@H]1C2. The Kier molecular flexibility index (Phi) is 0.565. The summed E-state index contributed by atoms with van der Waals surface area (Å²) in [5.74, 6) is 1.01. The average Bonchev–Trinajstić information content (AvgIpc) is 2.32. The van der Waals surface area contributed by atoms with Gasteiger partial charge in [-0.05, 0) is 18.3 Å². The van der Waals surface area contributed by atoms with Crippen LogP contribution in [0.2, 0.25) is 0 Å². The Hall–Kier alpha value is -0.330. The minimum absolute atomic E-state index is 0.483. The molecule has 0 saturated heterocycles. The summed E-state index contributed by atoms with van der Waals surface area (Å²) >= 11 is 0. The van der Waals surface area contributed by atoms with Gasteiger partial charge in [0.15, 0.2) is 0 Å². The number of rotatable bonds is 0. The van der Waals surface area contributed by atoms with Gasteiger partial charge in [0.1, 0.15) is 5.78 Å². The Morgan fingerprint density at radius 2 is 2.50 bits per heavy atom. The lowest BCUT2D eigenvalue weighted by molar-refractivity contribution is -0.119. The van der Waals surface area contributed by atoms with Crippen LogP contribution in [0, 0.1) is 11.3 Å². The van der Waals surface area contributed by atoms with Crippen LogP contribution in [0.1, 0.15) is 26.2 Å². The molecule has 2 aliphatic rings. The molecule has 2 fully saturated rings. The Morgan fingerprint density at radius 1 is 1.75 bits per heavy atom. The normalized spacial score (nSPS) is 51.6. The van der Waals surface area contributed by atoms with E-state index in [4.69, 9.17) is 0 Å². The molecule has 8 heavy (non-hydrogen) atoms. The van der Waals surface area contributed by atoms with Crippen LogP contribution < -0.4 is 0 Å². The molecule has 0 spiro atoms. The molecule has 0 aromatic carbocycles. The number of carbonyl (C=O) groups excluding carboxylic acids is 1. The smallest absolute Gasteiger partial charge is 0.136 e. The highest BCUT2D eigenvalue weighted by Gasteiger charge is 2.57. The summed E-state index contributed by atoms with van der Waals surface area (Å²) in [4.78, 5) is 10.8. The van der Waals surface area contributed by atoms with Gasteiger partial charge in [-0.1, -0.05) is 6.92 Å². The van der Waals surface area contributed by atoms with Crippen molar-refractivity contribution in [3.05, 3.63) is 0 Å². The van der Waals surface area contributed by atoms with Crippen LogP contribution in [0.4, 0.5) is 0 Å². The van der Waals surface area contributed by atoms with Gasteiger partial charge in [-0.15, -0.1) is 0 Å². The number of Topliss-reactive ketones (excluding diaryl/α,β-unsaturated/α-hetero) is 1. The van der Waals surface area contributed by atoms with Crippen molar-refractivity contribution in [2.75, 3.05) is 0 Å². The van der Waals surface area contributed by atoms with Crippen LogP contribution in [-0.2, 0) is 4.79 Å². The first kappa shape index (κ1) is 4.54. The van der Waals surface area contributed by atoms with E-state index in [0.717, 1.165) is 12.8 Å². The molecule has 0 aromatic heterocycles. The molecule has 2 rings (SSSR count). The van der Waals surface area contributed by atoms with Crippen molar-refractivity contribution in [2.45, 2.75) is 26.2 Å². The Balaban J connectivity index is 2.26. The topological polar surface area (TPSA) is 17.1 Å². The van der Waals surface area contributed by atoms with E-state index < -0.39 is 0 Å². The molecule has 1 nitrogen and oxygen atoms in total. The van der Waals surface area contributed by atoms with Crippen LogP contribution in [-0.4, -0.2) is 5.78 Å². The molecular formula is C7H10O. The molecular weight excluding hydrogens is 100 g/mol. The molecule has 0 aliphatic heterocycles. The van der Waals surface area contributed by atoms with Crippen molar-refractivity contribution in [1.82, 2.24) is 0 Å². The average molecular weight is 110 g/mol. The van der Waals surface area contributed by atoms with Gasteiger partial charge in [0.05, 0.1) is 0 Å². The van der Waals surface area contributed by atoms with Gasteiger partial charge in [0.25, 0.3) is 0 Å². The fraction of sp³-hybridized carbons (Fsp3) is 0.857. The maximum Gasteiger partial charge on any atom is 0.136 e. The van der Waals surface area contributed by atoms with E-state index in [1.54, 1.807) is 0 Å². The Bertz CT molecular complexity index is 150. The van der Waals surface area contributed by atoms with Gasteiger partial charge in [0.2, 0.25) is 0 Å². The second-order valence-electron chi connectivity index (χ2n) is 3.38. The van der Waals surface area contributed by atoms with Crippen LogP contribution in [0.15, 0.2) is 0 Å². The van der Waals surface area contributed by atoms with Gasteiger partial charge in [-0.3, -0.25) is 4.79 Å². The highest BCUT2D eigenvalue weighted by atomic mass is 16.1. The third-order valence-electron chi connectivity index (χ3n) is 2.68. The number of carbonyl (C=O) groups is 1. The van der Waals surface area contributed by atoms with E-state index in [1.165, 1.54) is 6.42 Å². The number of fused-ring (bicyclic) bond motifs is 1. The van der Waals surface area contributed by atoms with Crippen LogP contribution in [0.25, 0.3) is 0 Å². The van der Waals surface area contributed by atoms with E-state index >= 15 is 0 Å². The van der Waals surface area contributed by atoms with Gasteiger partial charge >= 0.3 is 0 Å². The third-order valence-corrected chi connectivity index (χ3v) is 2.68. The van der Waals surface area contributed by atoms with Gasteiger partial charge in [-0.2, -0.15) is 0 Å². The lowest BCUT2D eigenvalue weighted by atomic mass is 10.1. The molecule has 0 heterocycles. The number of hydrogen-bond acceptors (Lipinski definition) is 1. The fourth-order valence-corrected chi connectivity index (χ4v) is 1.77. The minimum Gasteiger partial charge on any atom is -0.299 e. The summed E-state index contributed by atoms with van der Waals surface area (Å²) in [6, 6.07) is 0. The predicted octanol–water partition coefficient (Wildman–Crippen LogP) is 1.38. The quantitative estimate of drug-likeness (QED) is 0.460. The molecule has 0 aromatic rings. The molecule has 0 unspecified atom stereocenters. The zero-order valence-electron chi connectivity index (χ0n) is 5.11. The van der Waals surface area contributed by atoms with E-state index in [-0.39, 0.29) is 0 Å². The molecule has 2 saturated carbocycles. The molecule has 0 bridgehead atoms. The Morgan fingerprint density at radius 3 is 2.62 bits per heavy atom. The first-order chi connectivity index (χ1) is 3.72. The summed E-state index contributed by atoms with van der Waals surface area (Å²) < 4.78 is 0. The molecule has 2 aliphatic carbocycles. The van der Waals surface area contributed by atoms with Crippen molar-refractivity contribution < 1.29 is 4.79 Å². The van der Waals surface area contributed by atoms with Crippen molar-refractivity contribution >= 4 is 5.78 Å². The lowest BCUT2D eigenvalue weighted by Crippen LogP contribution is -1.92. The van der Waals surface area contributed by atoms with Crippen molar-refractivity contribution in [3.63, 3.8) is 0 Å². The Labute approximate surface area is 49.1 Å². The number of ketones is 1. The molecule has 0 N–H and O–H groups in total.